The van der Waals surface area contributed by atoms with Crippen LogP contribution in [0, 0.1) is 41.8 Å². The van der Waals surface area contributed by atoms with Gasteiger partial charge in [0, 0.05) is 214 Å². The lowest BCUT2D eigenvalue weighted by atomic mass is 10.1. The molecule has 5 saturated heterocycles. The Morgan fingerprint density at radius 3 is 1.12 bits per heavy atom. The molecule has 0 bridgehead atoms. The molecule has 11 aromatic heterocycles. The van der Waals surface area contributed by atoms with Gasteiger partial charge in [-0.25, -0.2) is 47.5 Å². The molecule has 134 heavy (non-hydrogen) atoms. The normalized spacial score (nSPS) is 15.2. The van der Waals surface area contributed by atoms with Crippen molar-refractivity contribution in [1.29, 1.82) is 0 Å². The van der Waals surface area contributed by atoms with Gasteiger partial charge in [0.15, 0.2) is 46.3 Å². The first-order valence-corrected chi connectivity index (χ1v) is 44.4. The van der Waals surface area contributed by atoms with E-state index >= 15 is 0 Å². The van der Waals surface area contributed by atoms with Gasteiger partial charge in [-0.2, -0.15) is 8.78 Å². The van der Waals surface area contributed by atoms with Crippen LogP contribution in [0.4, 0.5) is 54.9 Å². The Hall–Kier alpha value is -14.6. The van der Waals surface area contributed by atoms with Crippen LogP contribution in [0.2, 0.25) is 0 Å². The lowest BCUT2D eigenvalue weighted by Crippen LogP contribution is -2.49. The maximum absolute atomic E-state index is 14.0. The molecular formula is C97H95F6N21O9S. The zero-order valence-corrected chi connectivity index (χ0v) is 74.9. The molecule has 5 aliphatic rings. The summed E-state index contributed by atoms with van der Waals surface area (Å²) in [5.41, 5.74) is 11.8. The van der Waals surface area contributed by atoms with Crippen molar-refractivity contribution in [2.45, 2.75) is 19.9 Å². The molecule has 16 aromatic rings. The summed E-state index contributed by atoms with van der Waals surface area (Å²) in [5, 5.41) is 17.6. The van der Waals surface area contributed by atoms with Crippen LogP contribution >= 0.6 is 11.3 Å². The first-order chi connectivity index (χ1) is 65.0. The number of halogens is 6. The maximum Gasteiger partial charge on any atom is 0.259 e. The van der Waals surface area contributed by atoms with Gasteiger partial charge < -0.3 is 70.0 Å². The largest absolute Gasteiger partial charge is 0.494 e. The van der Waals surface area contributed by atoms with E-state index in [0.29, 0.717) is 62.6 Å². The Labute approximate surface area is 767 Å². The fraction of sp³-hybridized carbons (Fsp3) is 0.268. The summed E-state index contributed by atoms with van der Waals surface area (Å²) in [4.78, 5) is 102. The molecule has 0 unspecified atom stereocenters. The molecule has 0 spiro atoms. The molecule has 0 saturated carbocycles. The second-order valence-electron chi connectivity index (χ2n) is 32.3. The number of anilines is 5. The van der Waals surface area contributed by atoms with Gasteiger partial charge in [-0.1, -0.05) is 12.1 Å². The SMILES string of the molecule is COc1cc(-c2cc(=O)n3cc(N4CCNCC4)ccc3n2)cc(F)c1F.COc1cc(-c2cc(=O)n3cc(N4CCNCC4)ccc3n2)ccc1F.COc1cc(-c2cc(=O)n3cc(N4CCN[C@@H](C)C4)ccc3n2)cc(F)c1F.COc1ccc(-c2ccc3nc(N4CCNCC4)cc(=O)n3c2)cc1F.Cc1nc2ccc(-c3cc(=O)n4cc(N5CCNCC5)ccc4n3)cc2s1. The number of hydrogen-bond donors (Lipinski definition) is 5. The van der Waals surface area contributed by atoms with Crippen LogP contribution in [-0.4, -0.2) is 211 Å². The third kappa shape index (κ3) is 20.4. The summed E-state index contributed by atoms with van der Waals surface area (Å²) in [6, 6.07) is 46.2. The van der Waals surface area contributed by atoms with Gasteiger partial charge >= 0.3 is 0 Å². The Balaban J connectivity index is 0.000000117. The average molecular weight is 1850 g/mol. The van der Waals surface area contributed by atoms with E-state index in [1.165, 1.54) is 84.1 Å². The van der Waals surface area contributed by atoms with Crippen molar-refractivity contribution >= 4 is 78.4 Å². The lowest BCUT2D eigenvalue weighted by molar-refractivity contribution is 0.372. The number of aromatic nitrogens is 11. The number of hydrogen-bond acceptors (Lipinski definition) is 26. The van der Waals surface area contributed by atoms with Crippen molar-refractivity contribution < 1.29 is 45.3 Å². The van der Waals surface area contributed by atoms with Gasteiger partial charge in [0.2, 0.25) is 11.6 Å². The molecule has 0 amide bonds. The molecule has 5 N–H and O–H groups in total. The van der Waals surface area contributed by atoms with Crippen molar-refractivity contribution in [2.75, 3.05) is 177 Å². The Morgan fingerprint density at radius 1 is 0.321 bits per heavy atom. The van der Waals surface area contributed by atoms with E-state index in [4.69, 9.17) is 23.9 Å². The number of piperazine rings is 5. The molecular weight excluding hydrogens is 1750 g/mol. The third-order valence-electron chi connectivity index (χ3n) is 23.6. The van der Waals surface area contributed by atoms with Crippen molar-refractivity contribution in [3.05, 3.63) is 293 Å². The van der Waals surface area contributed by atoms with E-state index in [9.17, 15) is 50.3 Å². The quantitative estimate of drug-likeness (QED) is 0.0632. The summed E-state index contributed by atoms with van der Waals surface area (Å²) in [6.45, 7) is 21.1. The number of pyridine rings is 5. The minimum atomic E-state index is -1.07. The molecule has 690 valence electrons. The minimum Gasteiger partial charge on any atom is -0.494 e. The number of ether oxygens (including phenoxy) is 4. The summed E-state index contributed by atoms with van der Waals surface area (Å²) < 4.78 is 111. The molecule has 0 radical (unpaired) electrons. The molecule has 5 aliphatic heterocycles. The Kier molecular flexibility index (Phi) is 27.7. The van der Waals surface area contributed by atoms with Gasteiger partial charge in [-0.05, 0) is 152 Å². The summed E-state index contributed by atoms with van der Waals surface area (Å²) in [7, 11) is 5.34. The molecule has 21 rings (SSSR count). The van der Waals surface area contributed by atoms with E-state index < -0.39 is 34.9 Å². The number of rotatable bonds is 14. The highest BCUT2D eigenvalue weighted by Gasteiger charge is 2.24. The molecule has 5 aromatic carbocycles. The predicted molar refractivity (Wildman–Crippen MR) is 508 cm³/mol. The highest BCUT2D eigenvalue weighted by Crippen LogP contribution is 2.34. The zero-order chi connectivity index (χ0) is 93.4. The second-order valence-corrected chi connectivity index (χ2v) is 33.5. The molecule has 16 heterocycles. The van der Waals surface area contributed by atoms with Gasteiger partial charge in [0.05, 0.1) is 89.2 Å². The number of fused-ring (bicyclic) bond motifs is 6. The Bertz CT molecular complexity index is 7410. The fourth-order valence-electron chi connectivity index (χ4n) is 16.5. The summed E-state index contributed by atoms with van der Waals surface area (Å²) in [5.74, 6) is -4.61. The molecule has 30 nitrogen and oxygen atoms in total. The molecule has 0 aliphatic carbocycles. The van der Waals surface area contributed by atoms with Crippen LogP contribution in [0.5, 0.6) is 23.0 Å². The van der Waals surface area contributed by atoms with Crippen molar-refractivity contribution in [2.24, 2.45) is 0 Å². The molecule has 5 fully saturated rings. The average Bonchev–Trinajstić information content (AvgIpc) is 1.14. The Morgan fingerprint density at radius 2 is 0.679 bits per heavy atom. The number of benzene rings is 5. The standard InChI is InChI=1S/C20H20F2N4O2.C20H19N5OS.C19H18F2N4O2.2C19H19FN4O2/c1-12-10-25(6-5-23-12)14-3-4-18-24-16(9-19(27)26(18)11-14)13-7-15(21)20(22)17(8-13)28-2;1-13-22-16-4-2-14(10-18(16)27-13)17-11-20(26)25-12-15(3-5-19(25)23-17)24-8-6-21-7-9-24;1-27-16-9-12(8-14(20)19(16)21)15-10-18(26)25-11-13(2-3-17(25)23-15)24-6-4-22-5-7-24;1-26-17-10-13(2-4-15(17)20)16-11-19(25)24-12-14(3-5-18(24)22-16)23-8-6-21-7-9-23;1-26-16-4-2-13(10-15(16)20)14-3-5-17-22-18(11-19(25)24(17)12-14)23-8-6-21-7-9-23/h3-4,7-9,11-12,23H,5-6,10H2,1-2H3;2-5,10-12,21H,6-9H2,1H3;2-3,8-11,22H,4-7H2,1H3;2*2-5,10-12,21H,6-9H2,1H3/t12-;;;;/m0..../s1. The monoisotopic (exact) mass is 1840 g/mol. The van der Waals surface area contributed by atoms with Crippen LogP contribution < -0.4 is 97.8 Å². The highest BCUT2D eigenvalue weighted by atomic mass is 32.1. The van der Waals surface area contributed by atoms with Crippen LogP contribution in [0.3, 0.4) is 0 Å². The van der Waals surface area contributed by atoms with E-state index in [1.807, 2.05) is 73.9 Å². The van der Waals surface area contributed by atoms with E-state index in [1.54, 1.807) is 93.3 Å². The third-order valence-corrected chi connectivity index (χ3v) is 24.5. The summed E-state index contributed by atoms with van der Waals surface area (Å²) >= 11 is 1.65. The van der Waals surface area contributed by atoms with Crippen LogP contribution in [0.1, 0.15) is 11.9 Å². The predicted octanol–water partition coefficient (Wildman–Crippen LogP) is 11.0. The molecule has 1 atom stereocenters. The van der Waals surface area contributed by atoms with Crippen molar-refractivity contribution in [3.63, 3.8) is 0 Å². The van der Waals surface area contributed by atoms with Gasteiger partial charge in [0.25, 0.3) is 27.8 Å². The van der Waals surface area contributed by atoms with Crippen LogP contribution in [-0.2, 0) is 0 Å². The smallest absolute Gasteiger partial charge is 0.259 e. The molecule has 37 heteroatoms. The number of aryl methyl sites for hydroxylation is 1. The number of nitrogens with one attached hydrogen (secondary N) is 5. The fourth-order valence-corrected chi connectivity index (χ4v) is 17.4. The van der Waals surface area contributed by atoms with Gasteiger partial charge in [-0.3, -0.25) is 46.0 Å². The zero-order valence-electron chi connectivity index (χ0n) is 74.1. The van der Waals surface area contributed by atoms with E-state index in [0.717, 1.165) is 186 Å². The second kappa shape index (κ2) is 40.6. The topological polar surface area (TPSA) is 298 Å². The maximum atomic E-state index is 14.0. The number of thiazole rings is 1. The summed E-state index contributed by atoms with van der Waals surface area (Å²) in [6.07, 6.45) is 8.93. The van der Waals surface area contributed by atoms with Crippen molar-refractivity contribution in [3.8, 4) is 79.2 Å². The van der Waals surface area contributed by atoms with Gasteiger partial charge in [0.1, 0.15) is 34.1 Å². The first kappa shape index (κ1) is 91.3. The van der Waals surface area contributed by atoms with Crippen molar-refractivity contribution in [1.82, 2.24) is 78.5 Å². The van der Waals surface area contributed by atoms with E-state index in [-0.39, 0.29) is 73.3 Å². The first-order valence-electron chi connectivity index (χ1n) is 43.6. The lowest BCUT2D eigenvalue weighted by Gasteiger charge is -2.33. The number of nitrogens with zero attached hydrogens (tertiary/aromatic N) is 16. The minimum absolute atomic E-state index is 0.0624. The van der Waals surface area contributed by atoms with E-state index in [2.05, 4.69) is 89.0 Å². The van der Waals surface area contributed by atoms with Crippen LogP contribution in [0.15, 0.2) is 225 Å². The number of methoxy groups -OCH3 is 4. The van der Waals surface area contributed by atoms with Gasteiger partial charge in [-0.15, -0.1) is 11.3 Å². The highest BCUT2D eigenvalue weighted by molar-refractivity contribution is 7.18. The van der Waals surface area contributed by atoms with Crippen LogP contribution in [0.25, 0.3) is 94.6 Å².